The first kappa shape index (κ1) is 17.7. The molecule has 0 fully saturated rings. The molecule has 0 saturated carbocycles. The summed E-state index contributed by atoms with van der Waals surface area (Å²) in [7, 11) is 3.21. The number of imidazole rings is 1. The smallest absolute Gasteiger partial charge is 0.320 e. The molecule has 1 atom stereocenters. The van der Waals surface area contributed by atoms with Gasteiger partial charge in [0.15, 0.2) is 0 Å². The van der Waals surface area contributed by atoms with Gasteiger partial charge in [-0.25, -0.2) is 4.98 Å². The highest BCUT2D eigenvalue weighted by atomic mass is 16.5. The minimum Gasteiger partial charge on any atom is -0.496 e. The number of fused-ring (bicyclic) bond motifs is 1. The second-order valence-electron chi connectivity index (χ2n) is 6.10. The molecule has 0 aliphatic carbocycles. The molecule has 136 valence electrons. The number of aliphatic carboxylic acids is 1. The zero-order chi connectivity index (χ0) is 19.0. The van der Waals surface area contributed by atoms with Crippen LogP contribution in [0.4, 0.5) is 0 Å². The van der Waals surface area contributed by atoms with Crippen LogP contribution in [-0.2, 0) is 18.3 Å². The first-order valence-electron chi connectivity index (χ1n) is 8.03. The van der Waals surface area contributed by atoms with E-state index < -0.39 is 12.0 Å². The lowest BCUT2D eigenvalue weighted by atomic mass is 10.0. The number of hydrogen-bond acceptors (Lipinski definition) is 5. The van der Waals surface area contributed by atoms with Crippen LogP contribution in [-0.4, -0.2) is 38.2 Å². The summed E-state index contributed by atoms with van der Waals surface area (Å²) in [6.45, 7) is 1.83. The number of nitrogens with zero attached hydrogens (tertiary/aromatic N) is 3. The van der Waals surface area contributed by atoms with Crippen LogP contribution in [0.1, 0.15) is 11.4 Å². The van der Waals surface area contributed by atoms with E-state index in [0.717, 1.165) is 5.69 Å². The second-order valence-corrected chi connectivity index (χ2v) is 6.10. The van der Waals surface area contributed by atoms with Gasteiger partial charge < -0.3 is 24.5 Å². The molecule has 0 aromatic carbocycles. The van der Waals surface area contributed by atoms with E-state index in [4.69, 9.17) is 15.6 Å². The van der Waals surface area contributed by atoms with Gasteiger partial charge in [0.25, 0.3) is 5.56 Å². The topological polar surface area (TPSA) is 112 Å². The fraction of sp³-hybridized carbons (Fsp3) is 0.278. The van der Waals surface area contributed by atoms with Crippen LogP contribution in [0, 0.1) is 6.92 Å². The summed E-state index contributed by atoms with van der Waals surface area (Å²) < 4.78 is 8.71. The van der Waals surface area contributed by atoms with Crippen LogP contribution >= 0.6 is 0 Å². The monoisotopic (exact) mass is 356 g/mol. The highest BCUT2D eigenvalue weighted by Gasteiger charge is 2.20. The molecule has 0 saturated heterocycles. The zero-order valence-corrected chi connectivity index (χ0v) is 14.8. The van der Waals surface area contributed by atoms with Crippen LogP contribution < -0.4 is 16.0 Å². The van der Waals surface area contributed by atoms with Crippen molar-refractivity contribution in [1.29, 1.82) is 0 Å². The Morgan fingerprint density at radius 3 is 2.81 bits per heavy atom. The van der Waals surface area contributed by atoms with E-state index in [-0.39, 0.29) is 12.0 Å². The standard InChI is InChI=1S/C18H20N4O4/c1-10-8-14(26-3)15(17(23)21(10)2)12-5-4-11(9-13(19)18(24)25)22-7-6-20-16(12)22/h4-8,13H,9,19H2,1-3H3,(H,24,25)/t13-/m0/s1. The van der Waals surface area contributed by atoms with Gasteiger partial charge in [0.1, 0.15) is 17.4 Å². The number of rotatable bonds is 5. The minimum atomic E-state index is -1.07. The van der Waals surface area contributed by atoms with Crippen molar-refractivity contribution >= 4 is 11.6 Å². The summed E-state index contributed by atoms with van der Waals surface area (Å²) in [5, 5.41) is 9.05. The Morgan fingerprint density at radius 2 is 2.15 bits per heavy atom. The van der Waals surface area contributed by atoms with Crippen molar-refractivity contribution < 1.29 is 14.6 Å². The van der Waals surface area contributed by atoms with Crippen LogP contribution in [0.2, 0.25) is 0 Å². The molecule has 0 aliphatic rings. The van der Waals surface area contributed by atoms with Gasteiger partial charge in [0.2, 0.25) is 0 Å². The molecule has 3 heterocycles. The minimum absolute atomic E-state index is 0.144. The Labute approximate surface area is 149 Å². The number of carboxylic acid groups (broad SMARTS) is 1. The van der Waals surface area contributed by atoms with Crippen LogP contribution in [0.15, 0.2) is 35.4 Å². The number of hydrogen-bond donors (Lipinski definition) is 2. The van der Waals surface area contributed by atoms with E-state index in [1.54, 1.807) is 46.6 Å². The van der Waals surface area contributed by atoms with Crippen molar-refractivity contribution in [2.45, 2.75) is 19.4 Å². The van der Waals surface area contributed by atoms with E-state index in [0.29, 0.717) is 28.2 Å². The van der Waals surface area contributed by atoms with Gasteiger partial charge >= 0.3 is 5.97 Å². The van der Waals surface area contributed by atoms with Crippen molar-refractivity contribution in [3.63, 3.8) is 0 Å². The third-order valence-corrected chi connectivity index (χ3v) is 4.50. The number of nitrogens with two attached hydrogens (primary N) is 1. The Bertz CT molecular complexity index is 1050. The van der Waals surface area contributed by atoms with Crippen molar-refractivity contribution in [2.75, 3.05) is 7.11 Å². The molecule has 3 rings (SSSR count). The molecule has 0 amide bonds. The molecule has 3 aromatic rings. The highest BCUT2D eigenvalue weighted by Crippen LogP contribution is 2.30. The maximum Gasteiger partial charge on any atom is 0.320 e. The molecule has 0 unspecified atom stereocenters. The molecule has 0 aliphatic heterocycles. The Balaban J connectivity index is 2.23. The zero-order valence-electron chi connectivity index (χ0n) is 14.8. The number of pyridine rings is 2. The van der Waals surface area contributed by atoms with Gasteiger partial charge in [-0.3, -0.25) is 9.59 Å². The van der Waals surface area contributed by atoms with Gasteiger partial charge in [0, 0.05) is 48.9 Å². The number of aryl methyl sites for hydroxylation is 1. The molecule has 8 heteroatoms. The lowest BCUT2D eigenvalue weighted by molar-refractivity contribution is -0.138. The molecule has 0 bridgehead atoms. The SMILES string of the molecule is COc1cc(C)n(C)c(=O)c1-c1ccc(C[C@H](N)C(=O)O)n2ccnc12. The molecule has 0 radical (unpaired) electrons. The van der Waals surface area contributed by atoms with E-state index in [9.17, 15) is 9.59 Å². The molecule has 26 heavy (non-hydrogen) atoms. The molecule has 3 aromatic heterocycles. The summed E-state index contributed by atoms with van der Waals surface area (Å²) in [6.07, 6.45) is 3.46. The first-order valence-corrected chi connectivity index (χ1v) is 8.03. The number of carboxylic acids is 1. The molecule has 0 spiro atoms. The van der Waals surface area contributed by atoms with Gasteiger partial charge in [-0.2, -0.15) is 0 Å². The molecule has 3 N–H and O–H groups in total. The fourth-order valence-corrected chi connectivity index (χ4v) is 2.94. The summed E-state index contributed by atoms with van der Waals surface area (Å²) >= 11 is 0. The quantitative estimate of drug-likeness (QED) is 0.704. The maximum atomic E-state index is 12.8. The van der Waals surface area contributed by atoms with E-state index in [2.05, 4.69) is 4.98 Å². The number of aromatic nitrogens is 3. The van der Waals surface area contributed by atoms with Crippen molar-refractivity contribution in [3.05, 3.63) is 52.3 Å². The predicted molar refractivity (Wildman–Crippen MR) is 96.5 cm³/mol. The molecule has 8 nitrogen and oxygen atoms in total. The van der Waals surface area contributed by atoms with Gasteiger partial charge in [-0.05, 0) is 19.1 Å². The second kappa shape index (κ2) is 6.64. The third kappa shape index (κ3) is 2.84. The van der Waals surface area contributed by atoms with Crippen LogP contribution in [0.5, 0.6) is 5.75 Å². The largest absolute Gasteiger partial charge is 0.496 e. The first-order chi connectivity index (χ1) is 12.3. The average molecular weight is 356 g/mol. The van der Waals surface area contributed by atoms with E-state index in [1.165, 1.54) is 7.11 Å². The lowest BCUT2D eigenvalue weighted by Gasteiger charge is -2.15. The summed E-state index contributed by atoms with van der Waals surface area (Å²) in [5.41, 5.74) is 8.50. The van der Waals surface area contributed by atoms with E-state index >= 15 is 0 Å². The van der Waals surface area contributed by atoms with Gasteiger partial charge in [0.05, 0.1) is 12.7 Å². The highest BCUT2D eigenvalue weighted by molar-refractivity contribution is 5.81. The number of carbonyl (C=O) groups is 1. The third-order valence-electron chi connectivity index (χ3n) is 4.50. The maximum absolute atomic E-state index is 12.8. The van der Waals surface area contributed by atoms with Crippen LogP contribution in [0.3, 0.4) is 0 Å². The van der Waals surface area contributed by atoms with Crippen LogP contribution in [0.25, 0.3) is 16.8 Å². The Kier molecular flexibility index (Phi) is 4.52. The molecular weight excluding hydrogens is 336 g/mol. The van der Waals surface area contributed by atoms with Gasteiger partial charge in [-0.1, -0.05) is 0 Å². The number of methoxy groups -OCH3 is 1. The van der Waals surface area contributed by atoms with Crippen molar-refractivity contribution in [3.8, 4) is 16.9 Å². The predicted octanol–water partition coefficient (Wildman–Crippen LogP) is 0.971. The average Bonchev–Trinajstić information content (AvgIpc) is 3.10. The Morgan fingerprint density at radius 1 is 1.42 bits per heavy atom. The normalized spacial score (nSPS) is 12.3. The summed E-state index contributed by atoms with van der Waals surface area (Å²) in [4.78, 5) is 28.2. The summed E-state index contributed by atoms with van der Waals surface area (Å²) in [6, 6.07) is 4.28. The van der Waals surface area contributed by atoms with Crippen molar-refractivity contribution in [2.24, 2.45) is 12.8 Å². The van der Waals surface area contributed by atoms with Gasteiger partial charge in [-0.15, -0.1) is 0 Å². The van der Waals surface area contributed by atoms with E-state index in [1.807, 2.05) is 6.92 Å². The number of ether oxygens (including phenoxy) is 1. The van der Waals surface area contributed by atoms with Crippen molar-refractivity contribution in [1.82, 2.24) is 14.0 Å². The lowest BCUT2D eigenvalue weighted by Crippen LogP contribution is -2.32. The Hall–Kier alpha value is -3.13. The summed E-state index contributed by atoms with van der Waals surface area (Å²) in [5.74, 6) is -0.609. The fourth-order valence-electron chi connectivity index (χ4n) is 2.94. The molecular formula is C18H20N4O4.